The maximum atomic E-state index is 12.5. The maximum absolute atomic E-state index is 12.5. The fraction of sp³-hybridized carbons (Fsp3) is 0.360. The van der Waals surface area contributed by atoms with Crippen LogP contribution < -0.4 is 10.6 Å². The topological polar surface area (TPSA) is 96.5 Å². The van der Waals surface area contributed by atoms with Crippen molar-refractivity contribution in [2.45, 2.75) is 25.8 Å². The Morgan fingerprint density at radius 2 is 1.94 bits per heavy atom. The van der Waals surface area contributed by atoms with E-state index < -0.39 is 0 Å². The third kappa shape index (κ3) is 4.96. The number of benzene rings is 2. The molecule has 2 fully saturated rings. The summed E-state index contributed by atoms with van der Waals surface area (Å²) >= 11 is 0. The smallest absolute Gasteiger partial charge is 0.251 e. The SMILES string of the molecule is Cc1ccc(C(=O)NC2CC2)cc1-c1ccc2nc(NCC(=O)N3CCOCC3)ncc2c1. The molecule has 2 N–H and O–H groups in total. The molecule has 1 saturated heterocycles. The second-order valence-corrected chi connectivity index (χ2v) is 8.59. The van der Waals surface area contributed by atoms with Crippen molar-refractivity contribution in [1.82, 2.24) is 20.2 Å². The number of carbonyl (C=O) groups is 2. The Bertz CT molecular complexity index is 1200. The number of hydrogen-bond acceptors (Lipinski definition) is 6. The van der Waals surface area contributed by atoms with Gasteiger partial charge in [0.15, 0.2) is 0 Å². The van der Waals surface area contributed by atoms with Gasteiger partial charge in [0.1, 0.15) is 0 Å². The van der Waals surface area contributed by atoms with Crippen LogP contribution in [0.25, 0.3) is 22.0 Å². The van der Waals surface area contributed by atoms with Gasteiger partial charge in [0.25, 0.3) is 5.91 Å². The molecule has 1 saturated carbocycles. The fourth-order valence-electron chi connectivity index (χ4n) is 3.94. The summed E-state index contributed by atoms with van der Waals surface area (Å²) in [6, 6.07) is 12.1. The largest absolute Gasteiger partial charge is 0.378 e. The first-order chi connectivity index (χ1) is 16.1. The highest BCUT2D eigenvalue weighted by molar-refractivity contribution is 5.96. The molecular weight excluding hydrogens is 418 g/mol. The number of amides is 2. The van der Waals surface area contributed by atoms with Gasteiger partial charge >= 0.3 is 0 Å². The van der Waals surface area contributed by atoms with Gasteiger partial charge in [-0.15, -0.1) is 0 Å². The molecule has 2 aliphatic rings. The Labute approximate surface area is 192 Å². The molecule has 5 rings (SSSR count). The van der Waals surface area contributed by atoms with Gasteiger partial charge in [-0.1, -0.05) is 12.1 Å². The molecular formula is C25H27N5O3. The zero-order valence-corrected chi connectivity index (χ0v) is 18.6. The van der Waals surface area contributed by atoms with Crippen LogP contribution in [0.1, 0.15) is 28.8 Å². The summed E-state index contributed by atoms with van der Waals surface area (Å²) in [7, 11) is 0. The van der Waals surface area contributed by atoms with E-state index in [0.717, 1.165) is 40.4 Å². The van der Waals surface area contributed by atoms with Gasteiger partial charge < -0.3 is 20.3 Å². The fourth-order valence-corrected chi connectivity index (χ4v) is 3.94. The van der Waals surface area contributed by atoms with Crippen molar-refractivity contribution < 1.29 is 14.3 Å². The Morgan fingerprint density at radius 3 is 2.73 bits per heavy atom. The van der Waals surface area contributed by atoms with Crippen LogP contribution in [0.5, 0.6) is 0 Å². The molecule has 0 bridgehead atoms. The van der Waals surface area contributed by atoms with Gasteiger partial charge in [-0.2, -0.15) is 0 Å². The van der Waals surface area contributed by atoms with Crippen molar-refractivity contribution in [1.29, 1.82) is 0 Å². The predicted molar refractivity (Wildman–Crippen MR) is 126 cm³/mol. The molecule has 170 valence electrons. The predicted octanol–water partition coefficient (Wildman–Crippen LogP) is 2.77. The third-order valence-electron chi connectivity index (χ3n) is 6.06. The van der Waals surface area contributed by atoms with Crippen LogP contribution >= 0.6 is 0 Å². The van der Waals surface area contributed by atoms with Crippen LogP contribution in [0.4, 0.5) is 5.95 Å². The number of ether oxygens (including phenoxy) is 1. The van der Waals surface area contributed by atoms with E-state index >= 15 is 0 Å². The maximum Gasteiger partial charge on any atom is 0.251 e. The number of rotatable bonds is 6. The minimum absolute atomic E-state index is 0.0124. The molecule has 0 atom stereocenters. The number of aromatic nitrogens is 2. The Hall–Kier alpha value is -3.52. The van der Waals surface area contributed by atoms with Crippen LogP contribution in [0.3, 0.4) is 0 Å². The molecule has 8 heteroatoms. The lowest BCUT2D eigenvalue weighted by Crippen LogP contribution is -2.43. The van der Waals surface area contributed by atoms with Crippen molar-refractivity contribution in [3.8, 4) is 11.1 Å². The van der Waals surface area contributed by atoms with E-state index in [0.29, 0.717) is 43.9 Å². The summed E-state index contributed by atoms with van der Waals surface area (Å²) in [6.45, 7) is 4.58. The summed E-state index contributed by atoms with van der Waals surface area (Å²) in [5.41, 5.74) is 4.57. The van der Waals surface area contributed by atoms with Gasteiger partial charge in [-0.3, -0.25) is 9.59 Å². The van der Waals surface area contributed by atoms with E-state index in [1.807, 2.05) is 43.3 Å². The number of hydrogen-bond donors (Lipinski definition) is 2. The Balaban J connectivity index is 1.31. The van der Waals surface area contributed by atoms with Gasteiger partial charge in [0.05, 0.1) is 25.3 Å². The quantitative estimate of drug-likeness (QED) is 0.606. The Kier molecular flexibility index (Phi) is 5.92. The highest BCUT2D eigenvalue weighted by Gasteiger charge is 2.24. The molecule has 0 spiro atoms. The van der Waals surface area contributed by atoms with Gasteiger partial charge in [-0.25, -0.2) is 9.97 Å². The molecule has 1 aliphatic heterocycles. The molecule has 33 heavy (non-hydrogen) atoms. The molecule has 8 nitrogen and oxygen atoms in total. The first-order valence-electron chi connectivity index (χ1n) is 11.3. The van der Waals surface area contributed by atoms with E-state index in [1.165, 1.54) is 0 Å². The molecule has 0 unspecified atom stereocenters. The molecule has 2 amide bonds. The van der Waals surface area contributed by atoms with Crippen LogP contribution in [0.15, 0.2) is 42.6 Å². The lowest BCUT2D eigenvalue weighted by Gasteiger charge is -2.26. The van der Waals surface area contributed by atoms with Crippen molar-refractivity contribution in [3.05, 3.63) is 53.7 Å². The summed E-state index contributed by atoms with van der Waals surface area (Å²) in [5.74, 6) is 0.412. The van der Waals surface area contributed by atoms with Crippen molar-refractivity contribution in [2.75, 3.05) is 38.2 Å². The summed E-state index contributed by atoms with van der Waals surface area (Å²) in [5, 5.41) is 6.97. The first kappa shape index (κ1) is 21.3. The number of carbonyl (C=O) groups excluding carboxylic acids is 2. The minimum Gasteiger partial charge on any atom is -0.378 e. The zero-order chi connectivity index (χ0) is 22.8. The number of aryl methyl sites for hydroxylation is 1. The lowest BCUT2D eigenvalue weighted by atomic mass is 9.97. The van der Waals surface area contributed by atoms with Gasteiger partial charge in [-0.05, 0) is 60.7 Å². The average Bonchev–Trinajstić information content (AvgIpc) is 3.67. The molecule has 1 aromatic heterocycles. The Morgan fingerprint density at radius 1 is 1.12 bits per heavy atom. The zero-order valence-electron chi connectivity index (χ0n) is 18.6. The molecule has 1 aliphatic carbocycles. The lowest BCUT2D eigenvalue weighted by molar-refractivity contribution is -0.133. The summed E-state index contributed by atoms with van der Waals surface area (Å²) < 4.78 is 5.29. The molecule has 2 aromatic carbocycles. The molecule has 2 heterocycles. The summed E-state index contributed by atoms with van der Waals surface area (Å²) in [6.07, 6.45) is 3.88. The molecule has 3 aromatic rings. The van der Waals surface area contributed by atoms with E-state index in [9.17, 15) is 9.59 Å². The van der Waals surface area contributed by atoms with Crippen molar-refractivity contribution >= 4 is 28.7 Å². The first-order valence-corrected chi connectivity index (χ1v) is 11.3. The van der Waals surface area contributed by atoms with Crippen LogP contribution in [0, 0.1) is 6.92 Å². The van der Waals surface area contributed by atoms with E-state index in [2.05, 4.69) is 20.6 Å². The highest BCUT2D eigenvalue weighted by Crippen LogP contribution is 2.28. The summed E-state index contributed by atoms with van der Waals surface area (Å²) in [4.78, 5) is 35.5. The van der Waals surface area contributed by atoms with Crippen LogP contribution in [-0.4, -0.2) is 65.6 Å². The standard InChI is InChI=1S/C25H27N5O3/c1-16-2-3-18(24(32)28-20-5-6-20)13-21(16)17-4-7-22-19(12-17)14-26-25(29-22)27-15-23(31)30-8-10-33-11-9-30/h2-4,7,12-14,20H,5-6,8-11,15H2,1H3,(H,28,32)(H,26,27,29). The van der Waals surface area contributed by atoms with Gasteiger partial charge in [0, 0.05) is 36.3 Å². The second kappa shape index (κ2) is 9.15. The monoisotopic (exact) mass is 445 g/mol. The number of morpholine rings is 1. The van der Waals surface area contributed by atoms with Crippen molar-refractivity contribution in [2.24, 2.45) is 0 Å². The van der Waals surface area contributed by atoms with Crippen LogP contribution in [0.2, 0.25) is 0 Å². The molecule has 0 radical (unpaired) electrons. The van der Waals surface area contributed by atoms with Crippen molar-refractivity contribution in [3.63, 3.8) is 0 Å². The average molecular weight is 446 g/mol. The highest BCUT2D eigenvalue weighted by atomic mass is 16.5. The normalized spacial score (nSPS) is 16.0. The minimum atomic E-state index is -0.0229. The number of anilines is 1. The van der Waals surface area contributed by atoms with Crippen LogP contribution in [-0.2, 0) is 9.53 Å². The number of nitrogens with zero attached hydrogens (tertiary/aromatic N) is 3. The van der Waals surface area contributed by atoms with E-state index in [1.54, 1.807) is 11.1 Å². The third-order valence-corrected chi connectivity index (χ3v) is 6.06. The van der Waals surface area contributed by atoms with E-state index in [-0.39, 0.29) is 18.4 Å². The number of nitrogens with one attached hydrogen (secondary N) is 2. The number of fused-ring (bicyclic) bond motifs is 1. The second-order valence-electron chi connectivity index (χ2n) is 8.59. The van der Waals surface area contributed by atoms with Gasteiger partial charge in [0.2, 0.25) is 11.9 Å². The van der Waals surface area contributed by atoms with E-state index in [4.69, 9.17) is 4.74 Å².